The van der Waals surface area contributed by atoms with Gasteiger partial charge in [-0.1, -0.05) is 5.16 Å². The number of halogens is 2. The van der Waals surface area contributed by atoms with Crippen LogP contribution in [0.25, 0.3) is 0 Å². The van der Waals surface area contributed by atoms with Gasteiger partial charge in [0.05, 0.1) is 29.3 Å². The van der Waals surface area contributed by atoms with Crippen LogP contribution in [-0.4, -0.2) is 32.7 Å². The van der Waals surface area contributed by atoms with Crippen molar-refractivity contribution in [1.82, 2.24) is 5.16 Å². The maximum Gasteiger partial charge on any atom is 0.232 e. The fraction of sp³-hybridized carbons (Fsp3) is 0.333. The molecule has 0 saturated heterocycles. The third-order valence-electron chi connectivity index (χ3n) is 3.91. The van der Waals surface area contributed by atoms with Crippen molar-refractivity contribution in [2.24, 2.45) is 0 Å². The van der Waals surface area contributed by atoms with Crippen LogP contribution in [-0.2, 0) is 10.0 Å². The molecule has 1 saturated carbocycles. The molecule has 9 heteroatoms. The van der Waals surface area contributed by atoms with Gasteiger partial charge in [-0.3, -0.25) is 9.10 Å². The molecule has 0 atom stereocenters. The average molecular weight is 356 g/mol. The van der Waals surface area contributed by atoms with Crippen molar-refractivity contribution in [1.29, 1.82) is 0 Å². The zero-order valence-electron chi connectivity index (χ0n) is 12.9. The molecule has 24 heavy (non-hydrogen) atoms. The molecule has 1 aromatic carbocycles. The normalized spacial score (nSPS) is 14.7. The highest BCUT2D eigenvalue weighted by atomic mass is 32.2. The first-order chi connectivity index (χ1) is 11.2. The van der Waals surface area contributed by atoms with E-state index >= 15 is 0 Å². The highest BCUT2D eigenvalue weighted by Crippen LogP contribution is 2.42. The Kier molecular flexibility index (Phi) is 3.90. The van der Waals surface area contributed by atoms with Crippen LogP contribution in [0.4, 0.5) is 14.5 Å². The van der Waals surface area contributed by atoms with E-state index in [-0.39, 0.29) is 22.7 Å². The first-order valence-electron chi connectivity index (χ1n) is 7.12. The minimum absolute atomic E-state index is 0.0767. The van der Waals surface area contributed by atoms with Crippen LogP contribution >= 0.6 is 0 Å². The van der Waals surface area contributed by atoms with Gasteiger partial charge in [-0.15, -0.1) is 0 Å². The molecule has 0 radical (unpaired) electrons. The lowest BCUT2D eigenvalue weighted by Crippen LogP contribution is -2.27. The van der Waals surface area contributed by atoms with E-state index < -0.39 is 27.4 Å². The number of anilines is 1. The van der Waals surface area contributed by atoms with Crippen LogP contribution in [0.5, 0.6) is 0 Å². The standard InChI is InChI=1S/C15H14F2N2O4S/c1-19(24(2,21)22)13-6-12(17)11(16)5-9(13)14(20)10-7-18-23-15(10)8-3-4-8/h5-8H,3-4H2,1-2H3. The second kappa shape index (κ2) is 5.66. The van der Waals surface area contributed by atoms with Crippen molar-refractivity contribution in [3.8, 4) is 0 Å². The molecule has 1 aromatic heterocycles. The maximum atomic E-state index is 13.7. The topological polar surface area (TPSA) is 80.5 Å². The van der Waals surface area contributed by atoms with Gasteiger partial charge in [-0.2, -0.15) is 0 Å². The molecule has 0 N–H and O–H groups in total. The Bertz CT molecular complexity index is 920. The summed E-state index contributed by atoms with van der Waals surface area (Å²) in [4.78, 5) is 12.8. The number of benzene rings is 1. The fourth-order valence-corrected chi connectivity index (χ4v) is 2.87. The highest BCUT2D eigenvalue weighted by Gasteiger charge is 2.34. The molecule has 128 valence electrons. The SMILES string of the molecule is CN(c1cc(F)c(F)cc1C(=O)c1cnoc1C1CC1)S(C)(=O)=O. The molecule has 3 rings (SSSR count). The van der Waals surface area contributed by atoms with Gasteiger partial charge < -0.3 is 4.52 Å². The Morgan fingerprint density at radius 3 is 2.46 bits per heavy atom. The molecular formula is C15H14F2N2O4S. The van der Waals surface area contributed by atoms with Gasteiger partial charge in [0.2, 0.25) is 10.0 Å². The van der Waals surface area contributed by atoms with E-state index in [1.54, 1.807) is 0 Å². The molecule has 1 heterocycles. The summed E-state index contributed by atoms with van der Waals surface area (Å²) >= 11 is 0. The summed E-state index contributed by atoms with van der Waals surface area (Å²) in [6.45, 7) is 0. The number of carbonyl (C=O) groups excluding carboxylic acids is 1. The number of hydrogen-bond donors (Lipinski definition) is 0. The lowest BCUT2D eigenvalue weighted by molar-refractivity contribution is 0.103. The van der Waals surface area contributed by atoms with E-state index in [0.29, 0.717) is 17.9 Å². The first-order valence-corrected chi connectivity index (χ1v) is 8.97. The highest BCUT2D eigenvalue weighted by molar-refractivity contribution is 7.92. The minimum Gasteiger partial charge on any atom is -0.360 e. The molecule has 0 spiro atoms. The summed E-state index contributed by atoms with van der Waals surface area (Å²) in [5.41, 5.74) is -0.386. The predicted molar refractivity (Wildman–Crippen MR) is 81.5 cm³/mol. The van der Waals surface area contributed by atoms with Crippen LogP contribution in [0.15, 0.2) is 22.9 Å². The fourth-order valence-electron chi connectivity index (χ4n) is 2.36. The zero-order chi connectivity index (χ0) is 17.6. The van der Waals surface area contributed by atoms with E-state index in [1.807, 2.05) is 0 Å². The molecule has 2 aromatic rings. The van der Waals surface area contributed by atoms with Gasteiger partial charge in [0, 0.05) is 19.0 Å². The molecule has 1 fully saturated rings. The number of hydrogen-bond acceptors (Lipinski definition) is 5. The van der Waals surface area contributed by atoms with Crippen LogP contribution < -0.4 is 4.31 Å². The molecule has 6 nitrogen and oxygen atoms in total. The smallest absolute Gasteiger partial charge is 0.232 e. The second-order valence-corrected chi connectivity index (χ2v) is 7.73. The summed E-state index contributed by atoms with van der Waals surface area (Å²) in [6, 6.07) is 1.38. The molecule has 0 amide bonds. The van der Waals surface area contributed by atoms with Crippen molar-refractivity contribution < 1.29 is 26.5 Å². The van der Waals surface area contributed by atoms with E-state index in [1.165, 1.54) is 6.20 Å². The van der Waals surface area contributed by atoms with Crippen LogP contribution in [0.3, 0.4) is 0 Å². The van der Waals surface area contributed by atoms with Gasteiger partial charge in [-0.05, 0) is 18.9 Å². The molecule has 1 aliphatic carbocycles. The number of aromatic nitrogens is 1. The van der Waals surface area contributed by atoms with Gasteiger partial charge in [0.15, 0.2) is 23.2 Å². The number of rotatable bonds is 5. The Balaban J connectivity index is 2.14. The quantitative estimate of drug-likeness (QED) is 0.769. The van der Waals surface area contributed by atoms with Crippen molar-refractivity contribution >= 4 is 21.5 Å². The summed E-state index contributed by atoms with van der Waals surface area (Å²) in [6.07, 6.45) is 3.81. The third-order valence-corrected chi connectivity index (χ3v) is 5.10. The van der Waals surface area contributed by atoms with Crippen LogP contribution in [0, 0.1) is 11.6 Å². The number of carbonyl (C=O) groups is 1. The monoisotopic (exact) mass is 356 g/mol. The lowest BCUT2D eigenvalue weighted by atomic mass is 10.0. The van der Waals surface area contributed by atoms with E-state index in [2.05, 4.69) is 5.16 Å². The van der Waals surface area contributed by atoms with Crippen LogP contribution in [0.1, 0.15) is 40.4 Å². The van der Waals surface area contributed by atoms with Gasteiger partial charge in [0.25, 0.3) is 0 Å². The molecular weight excluding hydrogens is 342 g/mol. The summed E-state index contributed by atoms with van der Waals surface area (Å²) in [5, 5.41) is 3.60. The van der Waals surface area contributed by atoms with Gasteiger partial charge in [-0.25, -0.2) is 17.2 Å². The zero-order valence-corrected chi connectivity index (χ0v) is 13.7. The Morgan fingerprint density at radius 1 is 1.25 bits per heavy atom. The summed E-state index contributed by atoms with van der Waals surface area (Å²) < 4.78 is 56.5. The molecule has 0 aliphatic heterocycles. The Hall–Kier alpha value is -2.29. The average Bonchev–Trinajstić information content (AvgIpc) is 3.24. The minimum atomic E-state index is -3.77. The summed E-state index contributed by atoms with van der Waals surface area (Å²) in [5.74, 6) is -2.69. The third kappa shape index (κ3) is 2.91. The molecule has 0 bridgehead atoms. The van der Waals surface area contributed by atoms with Crippen LogP contribution in [0.2, 0.25) is 0 Å². The van der Waals surface area contributed by atoms with Gasteiger partial charge in [0.1, 0.15) is 0 Å². The molecule has 0 unspecified atom stereocenters. The Morgan fingerprint density at radius 2 is 1.88 bits per heavy atom. The van der Waals surface area contributed by atoms with Crippen molar-refractivity contribution in [2.45, 2.75) is 18.8 Å². The molecule has 1 aliphatic rings. The lowest BCUT2D eigenvalue weighted by Gasteiger charge is -2.20. The first kappa shape index (κ1) is 16.6. The van der Waals surface area contributed by atoms with Crippen molar-refractivity contribution in [3.05, 3.63) is 46.9 Å². The number of ketones is 1. The number of sulfonamides is 1. The Labute approximate surface area is 137 Å². The van der Waals surface area contributed by atoms with Gasteiger partial charge >= 0.3 is 0 Å². The van der Waals surface area contributed by atoms with Crippen molar-refractivity contribution in [3.63, 3.8) is 0 Å². The summed E-state index contributed by atoms with van der Waals surface area (Å²) in [7, 11) is -2.61. The maximum absolute atomic E-state index is 13.7. The number of nitrogens with zero attached hydrogens (tertiary/aromatic N) is 2. The van der Waals surface area contributed by atoms with Crippen molar-refractivity contribution in [2.75, 3.05) is 17.6 Å². The second-order valence-electron chi connectivity index (χ2n) is 5.72. The van der Waals surface area contributed by atoms with E-state index in [0.717, 1.165) is 30.5 Å². The predicted octanol–water partition coefficient (Wildman–Crippen LogP) is 2.46. The van der Waals surface area contributed by atoms with E-state index in [4.69, 9.17) is 4.52 Å². The van der Waals surface area contributed by atoms with E-state index in [9.17, 15) is 22.0 Å². The largest absolute Gasteiger partial charge is 0.360 e.